The first kappa shape index (κ1) is 10.2. The third-order valence-electron chi connectivity index (χ3n) is 3.33. The number of fused-ring (bicyclic) bond motifs is 4. The van der Waals surface area contributed by atoms with Crippen molar-refractivity contribution in [1.29, 1.82) is 0 Å². The van der Waals surface area contributed by atoms with Crippen LogP contribution in [0.15, 0.2) is 36.7 Å². The van der Waals surface area contributed by atoms with E-state index in [4.69, 9.17) is 0 Å². The van der Waals surface area contributed by atoms with Gasteiger partial charge in [0.1, 0.15) is 0 Å². The van der Waals surface area contributed by atoms with Gasteiger partial charge in [0, 0.05) is 18.0 Å². The number of anilines is 2. The number of Topliss-reactive ketones (excluding diaryl/α,β-unsaturated/α-hetero) is 1. The second-order valence-corrected chi connectivity index (χ2v) is 4.36. The summed E-state index contributed by atoms with van der Waals surface area (Å²) in [6.07, 6.45) is 2.23. The molecule has 0 saturated heterocycles. The van der Waals surface area contributed by atoms with Crippen LogP contribution in [0, 0.1) is 0 Å². The fraction of sp³-hybridized carbons (Fsp3) is 0.0769. The maximum absolute atomic E-state index is 12.4. The van der Waals surface area contributed by atoms with E-state index in [9.17, 15) is 9.59 Å². The Morgan fingerprint density at radius 2 is 1.89 bits per heavy atom. The Morgan fingerprint density at radius 3 is 2.79 bits per heavy atom. The summed E-state index contributed by atoms with van der Waals surface area (Å²) in [6, 6.07) is 7.06. The zero-order valence-corrected chi connectivity index (χ0v) is 9.70. The average Bonchev–Trinajstić information content (AvgIpc) is 2.74. The van der Waals surface area contributed by atoms with Gasteiger partial charge in [-0.2, -0.15) is 0 Å². The van der Waals surface area contributed by atoms with E-state index >= 15 is 0 Å². The second kappa shape index (κ2) is 3.38. The van der Waals surface area contributed by atoms with Gasteiger partial charge in [-0.25, -0.2) is 9.97 Å². The van der Waals surface area contributed by atoms with Crippen molar-refractivity contribution in [1.82, 2.24) is 9.97 Å². The number of rotatable bonds is 0. The van der Waals surface area contributed by atoms with Gasteiger partial charge in [-0.15, -0.1) is 0 Å². The Labute approximate surface area is 108 Å². The van der Waals surface area contributed by atoms with Gasteiger partial charge >= 0.3 is 0 Å². The Balaban J connectivity index is 1.93. The molecule has 92 valence electrons. The number of hydrogen-bond donors (Lipinski definition) is 1. The van der Waals surface area contributed by atoms with Crippen molar-refractivity contribution in [3.8, 4) is 0 Å². The number of ketones is 1. The van der Waals surface area contributed by atoms with E-state index < -0.39 is 6.17 Å². The van der Waals surface area contributed by atoms with Crippen LogP contribution in [-0.4, -0.2) is 27.8 Å². The summed E-state index contributed by atoms with van der Waals surface area (Å²) in [5.41, 5.74) is 1.40. The molecule has 6 nitrogen and oxygen atoms in total. The first-order valence-corrected chi connectivity index (χ1v) is 5.82. The molecule has 1 aromatic carbocycles. The number of para-hydroxylation sites is 1. The van der Waals surface area contributed by atoms with Crippen LogP contribution in [-0.2, 0) is 0 Å². The number of amides is 1. The summed E-state index contributed by atoms with van der Waals surface area (Å²) in [4.78, 5) is 34.2. The van der Waals surface area contributed by atoms with Gasteiger partial charge in [-0.1, -0.05) is 12.1 Å². The van der Waals surface area contributed by atoms with Gasteiger partial charge in [0.2, 0.25) is 5.78 Å². The normalized spacial score (nSPS) is 19.6. The van der Waals surface area contributed by atoms with Crippen molar-refractivity contribution in [2.45, 2.75) is 6.17 Å². The smallest absolute Gasteiger partial charge is 0.282 e. The zero-order valence-electron chi connectivity index (χ0n) is 9.70. The summed E-state index contributed by atoms with van der Waals surface area (Å²) >= 11 is 0. The van der Waals surface area contributed by atoms with Crippen LogP contribution in [0.25, 0.3) is 0 Å². The molecule has 1 atom stereocenters. The minimum atomic E-state index is -0.714. The third-order valence-corrected chi connectivity index (χ3v) is 3.33. The molecular formula is C13H8N4O2. The van der Waals surface area contributed by atoms with E-state index in [1.54, 1.807) is 24.3 Å². The summed E-state index contributed by atoms with van der Waals surface area (Å²) in [5.74, 6) is -0.0692. The number of nitrogens with zero attached hydrogens (tertiary/aromatic N) is 3. The van der Waals surface area contributed by atoms with Crippen LogP contribution in [0.1, 0.15) is 20.8 Å². The fourth-order valence-corrected chi connectivity index (χ4v) is 2.50. The lowest BCUT2D eigenvalue weighted by Gasteiger charge is -2.30. The number of aromatic nitrogens is 2. The van der Waals surface area contributed by atoms with E-state index in [1.165, 1.54) is 17.3 Å². The highest BCUT2D eigenvalue weighted by Crippen LogP contribution is 2.36. The van der Waals surface area contributed by atoms with Crippen molar-refractivity contribution < 1.29 is 9.59 Å². The molecule has 2 aliphatic rings. The van der Waals surface area contributed by atoms with Crippen LogP contribution in [0.3, 0.4) is 0 Å². The van der Waals surface area contributed by atoms with Crippen molar-refractivity contribution in [2.75, 3.05) is 10.2 Å². The molecule has 19 heavy (non-hydrogen) atoms. The predicted octanol–water partition coefficient (Wildman–Crippen LogP) is 1.07. The van der Waals surface area contributed by atoms with E-state index in [2.05, 4.69) is 15.3 Å². The lowest BCUT2D eigenvalue weighted by atomic mass is 10.1. The molecule has 0 fully saturated rings. The maximum atomic E-state index is 12.4. The molecular weight excluding hydrogens is 244 g/mol. The van der Waals surface area contributed by atoms with Gasteiger partial charge in [0.05, 0.1) is 5.69 Å². The van der Waals surface area contributed by atoms with Crippen LogP contribution in [0.5, 0.6) is 0 Å². The molecule has 1 amide bonds. The Hall–Kier alpha value is -2.76. The SMILES string of the molecule is O=C1c2ccccc2N2C(=O)c3nccnc3N[C@H]12. The molecule has 0 aliphatic carbocycles. The van der Waals surface area contributed by atoms with Gasteiger partial charge < -0.3 is 5.32 Å². The molecule has 2 aliphatic heterocycles. The molecule has 3 heterocycles. The summed E-state index contributed by atoms with van der Waals surface area (Å²) < 4.78 is 0. The molecule has 1 aromatic heterocycles. The van der Waals surface area contributed by atoms with Crippen LogP contribution in [0.4, 0.5) is 11.5 Å². The van der Waals surface area contributed by atoms with Crippen molar-refractivity contribution >= 4 is 23.2 Å². The Bertz CT molecular complexity index is 728. The first-order valence-electron chi connectivity index (χ1n) is 5.82. The quantitative estimate of drug-likeness (QED) is 0.759. The lowest BCUT2D eigenvalue weighted by Crippen LogP contribution is -2.49. The molecule has 0 saturated carbocycles. The highest BCUT2D eigenvalue weighted by molar-refractivity contribution is 6.24. The zero-order chi connectivity index (χ0) is 13.0. The molecule has 0 radical (unpaired) electrons. The number of nitrogens with one attached hydrogen (secondary N) is 1. The summed E-state index contributed by atoms with van der Waals surface area (Å²) in [7, 11) is 0. The van der Waals surface area contributed by atoms with E-state index in [0.29, 0.717) is 17.1 Å². The minimum Gasteiger partial charge on any atom is -0.341 e. The highest BCUT2D eigenvalue weighted by atomic mass is 16.2. The Kier molecular flexibility index (Phi) is 1.81. The summed E-state index contributed by atoms with van der Waals surface area (Å²) in [5, 5.41) is 2.97. The van der Waals surface area contributed by atoms with Crippen LogP contribution < -0.4 is 10.2 Å². The molecule has 0 spiro atoms. The van der Waals surface area contributed by atoms with Gasteiger partial charge in [0.15, 0.2) is 17.7 Å². The predicted molar refractivity (Wildman–Crippen MR) is 67.0 cm³/mol. The van der Waals surface area contributed by atoms with E-state index in [1.807, 2.05) is 0 Å². The third kappa shape index (κ3) is 1.20. The van der Waals surface area contributed by atoms with Crippen LogP contribution in [0.2, 0.25) is 0 Å². The minimum absolute atomic E-state index is 0.125. The molecule has 4 rings (SSSR count). The monoisotopic (exact) mass is 252 g/mol. The van der Waals surface area contributed by atoms with Crippen LogP contribution >= 0.6 is 0 Å². The number of carbonyl (C=O) groups excluding carboxylic acids is 2. The lowest BCUT2D eigenvalue weighted by molar-refractivity contribution is 0.0914. The van der Waals surface area contributed by atoms with Crippen molar-refractivity contribution in [3.63, 3.8) is 0 Å². The first-order chi connectivity index (χ1) is 9.27. The molecule has 0 bridgehead atoms. The standard InChI is InChI=1S/C13H8N4O2/c18-10-7-3-1-2-4-8(7)17-12(10)16-11-9(13(17)19)14-5-6-15-11/h1-6,12H,(H,15,16)/t12-/m0/s1. The largest absolute Gasteiger partial charge is 0.341 e. The van der Waals surface area contributed by atoms with Crippen molar-refractivity contribution in [2.24, 2.45) is 0 Å². The Morgan fingerprint density at radius 1 is 1.11 bits per heavy atom. The molecule has 1 N–H and O–H groups in total. The number of benzene rings is 1. The van der Waals surface area contributed by atoms with E-state index in [0.717, 1.165) is 0 Å². The topological polar surface area (TPSA) is 75.2 Å². The van der Waals surface area contributed by atoms with E-state index in [-0.39, 0.29) is 17.4 Å². The molecule has 6 heteroatoms. The molecule has 0 unspecified atom stereocenters. The second-order valence-electron chi connectivity index (χ2n) is 4.36. The number of hydrogen-bond acceptors (Lipinski definition) is 5. The number of carbonyl (C=O) groups is 2. The van der Waals surface area contributed by atoms with Gasteiger partial charge in [-0.05, 0) is 12.1 Å². The maximum Gasteiger partial charge on any atom is 0.282 e. The average molecular weight is 252 g/mol. The van der Waals surface area contributed by atoms with Gasteiger partial charge in [-0.3, -0.25) is 14.5 Å². The van der Waals surface area contributed by atoms with Crippen molar-refractivity contribution in [3.05, 3.63) is 47.9 Å². The highest BCUT2D eigenvalue weighted by Gasteiger charge is 2.45. The summed E-state index contributed by atoms with van der Waals surface area (Å²) in [6.45, 7) is 0. The molecule has 2 aromatic rings. The van der Waals surface area contributed by atoms with Gasteiger partial charge in [0.25, 0.3) is 5.91 Å². The fourth-order valence-electron chi connectivity index (χ4n) is 2.50.